The van der Waals surface area contributed by atoms with Gasteiger partial charge in [0.25, 0.3) is 15.2 Å². The molecule has 0 aromatic rings. The van der Waals surface area contributed by atoms with Crippen molar-refractivity contribution in [2.75, 3.05) is 12.9 Å². The van der Waals surface area contributed by atoms with Gasteiger partial charge in [-0.25, -0.2) is 0 Å². The molecule has 0 aromatic heterocycles. The van der Waals surface area contributed by atoms with Crippen molar-refractivity contribution in [2.24, 2.45) is 22.7 Å². The van der Waals surface area contributed by atoms with E-state index in [0.29, 0.717) is 12.8 Å². The molecule has 0 aromatic carbocycles. The zero-order chi connectivity index (χ0) is 23.5. The van der Waals surface area contributed by atoms with Crippen LogP contribution in [0.3, 0.4) is 0 Å². The first kappa shape index (κ1) is 22.8. The number of hydrogen-bond acceptors (Lipinski definition) is 8. The van der Waals surface area contributed by atoms with E-state index in [1.165, 1.54) is 5.57 Å². The highest BCUT2D eigenvalue weighted by molar-refractivity contribution is 7.86. The maximum atomic E-state index is 13.2. The van der Waals surface area contributed by atoms with E-state index in [2.05, 4.69) is 6.92 Å². The summed E-state index contributed by atoms with van der Waals surface area (Å²) in [6.07, 6.45) is 10.6. The van der Waals surface area contributed by atoms with Crippen molar-refractivity contribution >= 4 is 21.7 Å². The normalized spacial score (nSPS) is 38.2. The molecule has 0 aliphatic heterocycles. The lowest BCUT2D eigenvalue weighted by Gasteiger charge is -2.53. The third kappa shape index (κ3) is 3.35. The molecule has 0 N–H and O–H groups in total. The molecule has 0 radical (unpaired) electrons. The molecule has 174 valence electrons. The number of carbonyl (C=O) groups excluding carboxylic acids is 2. The lowest BCUT2D eigenvalue weighted by molar-refractivity contribution is -0.780. The van der Waals surface area contributed by atoms with Crippen LogP contribution in [0, 0.1) is 32.8 Å². The Hall–Kier alpha value is -2.33. The minimum absolute atomic E-state index is 0.0205. The standard InChI is InChI=1S/C22H27NO8S/c1-20-9-6-15(24)12-14(20)4-5-16-17(20)7-10-21(2)18(16)8-11-22(21,31-23(26)27)19(25)13-30-32(3,28)29/h6-7,9,12,16,18H,4-5,8,10-11,13H2,1-3H3/t16-,18+,20+,21+,22+/m1/s1. The number of ketones is 2. The molecule has 5 atom stereocenters. The van der Waals surface area contributed by atoms with Gasteiger partial charge in [-0.2, -0.15) is 8.42 Å². The summed E-state index contributed by atoms with van der Waals surface area (Å²) in [7, 11) is -3.90. The number of carbonyl (C=O) groups is 2. The molecule has 4 aliphatic carbocycles. The molecule has 0 unspecified atom stereocenters. The van der Waals surface area contributed by atoms with Gasteiger partial charge in [-0.05, 0) is 63.0 Å². The summed E-state index contributed by atoms with van der Waals surface area (Å²) >= 11 is 0. The smallest absolute Gasteiger partial charge is 0.295 e. The van der Waals surface area contributed by atoms with Crippen molar-refractivity contribution in [3.05, 3.63) is 45.6 Å². The first-order valence-electron chi connectivity index (χ1n) is 10.7. The number of hydrogen-bond donors (Lipinski definition) is 0. The number of rotatable bonds is 6. The maximum absolute atomic E-state index is 13.2. The van der Waals surface area contributed by atoms with E-state index >= 15 is 0 Å². The fraction of sp³-hybridized carbons (Fsp3) is 0.636. The van der Waals surface area contributed by atoms with E-state index in [0.717, 1.165) is 24.7 Å². The van der Waals surface area contributed by atoms with Gasteiger partial charge in [-0.1, -0.05) is 30.2 Å². The van der Waals surface area contributed by atoms with Crippen LogP contribution < -0.4 is 0 Å². The van der Waals surface area contributed by atoms with Crippen LogP contribution in [0.5, 0.6) is 0 Å². The summed E-state index contributed by atoms with van der Waals surface area (Å²) in [6.45, 7) is 3.11. The second-order valence-corrected chi connectivity index (χ2v) is 11.4. The summed E-state index contributed by atoms with van der Waals surface area (Å²) in [5, 5.41) is 10.5. The van der Waals surface area contributed by atoms with Crippen LogP contribution in [0.2, 0.25) is 0 Å². The second-order valence-electron chi connectivity index (χ2n) is 9.71. The lowest BCUT2D eigenvalue weighted by Crippen LogP contribution is -2.58. The summed E-state index contributed by atoms with van der Waals surface area (Å²) < 4.78 is 27.5. The van der Waals surface area contributed by atoms with Gasteiger partial charge in [0, 0.05) is 10.8 Å². The van der Waals surface area contributed by atoms with Crippen molar-refractivity contribution in [3.63, 3.8) is 0 Å². The Labute approximate surface area is 186 Å². The van der Waals surface area contributed by atoms with Crippen LogP contribution in [0.1, 0.15) is 46.0 Å². The van der Waals surface area contributed by atoms with Crippen LogP contribution in [0.4, 0.5) is 0 Å². The molecule has 0 amide bonds. The highest BCUT2D eigenvalue weighted by atomic mass is 32.2. The first-order valence-corrected chi connectivity index (χ1v) is 12.5. The molecule has 32 heavy (non-hydrogen) atoms. The predicted octanol–water partition coefficient (Wildman–Crippen LogP) is 2.71. The Morgan fingerprint density at radius 1 is 1.31 bits per heavy atom. The van der Waals surface area contributed by atoms with Gasteiger partial charge in [0.1, 0.15) is 6.61 Å². The van der Waals surface area contributed by atoms with Crippen LogP contribution in [-0.4, -0.2) is 43.5 Å². The molecule has 0 saturated heterocycles. The molecule has 9 nitrogen and oxygen atoms in total. The molecule has 4 aliphatic rings. The summed E-state index contributed by atoms with van der Waals surface area (Å²) in [6, 6.07) is 0. The molecule has 2 fully saturated rings. The predicted molar refractivity (Wildman–Crippen MR) is 113 cm³/mol. The van der Waals surface area contributed by atoms with Crippen LogP contribution in [0.25, 0.3) is 0 Å². The largest absolute Gasteiger partial charge is 0.299 e. The highest BCUT2D eigenvalue weighted by Gasteiger charge is 2.67. The fourth-order valence-electron chi connectivity index (χ4n) is 6.58. The van der Waals surface area contributed by atoms with E-state index < -0.39 is 38.6 Å². The van der Waals surface area contributed by atoms with Crippen molar-refractivity contribution in [3.8, 4) is 0 Å². The van der Waals surface area contributed by atoms with Gasteiger partial charge in [-0.3, -0.25) is 18.6 Å². The maximum Gasteiger partial charge on any atom is 0.295 e. The Morgan fingerprint density at radius 2 is 2.03 bits per heavy atom. The van der Waals surface area contributed by atoms with Gasteiger partial charge >= 0.3 is 0 Å². The minimum Gasteiger partial charge on any atom is -0.299 e. The number of nitrogens with zero attached hydrogens (tertiary/aromatic N) is 1. The van der Waals surface area contributed by atoms with Crippen LogP contribution >= 0.6 is 0 Å². The van der Waals surface area contributed by atoms with Crippen molar-refractivity contribution in [2.45, 2.75) is 51.6 Å². The monoisotopic (exact) mass is 465 g/mol. The van der Waals surface area contributed by atoms with Crippen LogP contribution in [0.15, 0.2) is 35.5 Å². The summed E-state index contributed by atoms with van der Waals surface area (Å²) in [4.78, 5) is 41.7. The fourth-order valence-corrected chi connectivity index (χ4v) is 6.90. The third-order valence-electron chi connectivity index (χ3n) is 8.15. The van der Waals surface area contributed by atoms with Gasteiger partial charge < -0.3 is 0 Å². The van der Waals surface area contributed by atoms with Crippen molar-refractivity contribution < 1.29 is 32.1 Å². The second kappa shape index (κ2) is 7.34. The van der Waals surface area contributed by atoms with Crippen LogP contribution in [-0.2, 0) is 28.7 Å². The van der Waals surface area contributed by atoms with Crippen molar-refractivity contribution in [1.29, 1.82) is 0 Å². The molecule has 10 heteroatoms. The quantitative estimate of drug-likeness (QED) is 0.253. The van der Waals surface area contributed by atoms with Gasteiger partial charge in [0.2, 0.25) is 0 Å². The van der Waals surface area contributed by atoms with E-state index in [1.807, 2.05) is 19.1 Å². The Morgan fingerprint density at radius 3 is 2.69 bits per heavy atom. The Kier molecular flexibility index (Phi) is 5.24. The van der Waals surface area contributed by atoms with Crippen molar-refractivity contribution in [1.82, 2.24) is 0 Å². The molecule has 0 heterocycles. The third-order valence-corrected chi connectivity index (χ3v) is 8.70. The van der Waals surface area contributed by atoms with E-state index in [9.17, 15) is 28.1 Å². The van der Waals surface area contributed by atoms with E-state index in [1.54, 1.807) is 12.2 Å². The van der Waals surface area contributed by atoms with E-state index in [-0.39, 0.29) is 29.5 Å². The average molecular weight is 466 g/mol. The molecule has 0 bridgehead atoms. The lowest BCUT2D eigenvalue weighted by atomic mass is 9.51. The zero-order valence-corrected chi connectivity index (χ0v) is 19.1. The topological polar surface area (TPSA) is 130 Å². The molecule has 2 saturated carbocycles. The number of allylic oxidation sites excluding steroid dienone is 6. The minimum atomic E-state index is -3.90. The molecule has 0 spiro atoms. The van der Waals surface area contributed by atoms with E-state index in [4.69, 9.17) is 9.02 Å². The Bertz CT molecular complexity index is 1090. The summed E-state index contributed by atoms with van der Waals surface area (Å²) in [5.74, 6) is -0.733. The number of fused-ring (bicyclic) bond motifs is 5. The van der Waals surface area contributed by atoms with Gasteiger partial charge in [0.15, 0.2) is 17.2 Å². The molecular formula is C22H27NO8S. The first-order chi connectivity index (χ1) is 14.8. The zero-order valence-electron chi connectivity index (χ0n) is 18.3. The molecular weight excluding hydrogens is 438 g/mol. The van der Waals surface area contributed by atoms with Gasteiger partial charge in [0.05, 0.1) is 6.26 Å². The highest BCUT2D eigenvalue weighted by Crippen LogP contribution is 2.66. The van der Waals surface area contributed by atoms with Gasteiger partial charge in [-0.15, -0.1) is 10.1 Å². The number of Topliss-reactive ketones (excluding diaryl/α,β-unsaturated/α-hetero) is 1. The molecule has 4 rings (SSSR count). The summed E-state index contributed by atoms with van der Waals surface area (Å²) in [5.41, 5.74) is -0.796. The average Bonchev–Trinajstić information content (AvgIpc) is 2.99. The Balaban J connectivity index is 1.73. The SMILES string of the molecule is C[C@]12C=CC(=O)C=C1CC[C@@H]1C2=CC[C@@]2(C)[C@H]1CC[C@]2(O[N+](=O)[O-])C(=O)COS(C)(=O)=O.